The first-order chi connectivity index (χ1) is 8.70. The van der Waals surface area contributed by atoms with Crippen LogP contribution in [-0.2, 0) is 4.79 Å². The number of carbonyl (C=O) groups is 1. The summed E-state index contributed by atoms with van der Waals surface area (Å²) < 4.78 is 0. The number of nitrogens with zero attached hydrogens (tertiary/aromatic N) is 2. The zero-order chi connectivity index (χ0) is 13.0. The Labute approximate surface area is 111 Å². The van der Waals surface area contributed by atoms with Crippen LogP contribution in [-0.4, -0.2) is 61.5 Å². The highest BCUT2D eigenvalue weighted by atomic mass is 16.2. The molecule has 104 valence electrons. The number of piperidine rings is 1. The van der Waals surface area contributed by atoms with Crippen molar-refractivity contribution >= 4 is 5.91 Å². The topological polar surface area (TPSA) is 35.6 Å². The van der Waals surface area contributed by atoms with E-state index in [2.05, 4.69) is 17.1 Å². The van der Waals surface area contributed by atoms with Gasteiger partial charge in [-0.1, -0.05) is 6.92 Å². The summed E-state index contributed by atoms with van der Waals surface area (Å²) in [5.41, 5.74) is 0. The van der Waals surface area contributed by atoms with Gasteiger partial charge in [0.2, 0.25) is 5.91 Å². The number of likely N-dealkylation sites (tertiary alicyclic amines) is 1. The van der Waals surface area contributed by atoms with E-state index in [1.807, 2.05) is 11.9 Å². The van der Waals surface area contributed by atoms with E-state index in [1.165, 1.54) is 25.7 Å². The summed E-state index contributed by atoms with van der Waals surface area (Å²) in [6, 6.07) is 0.545. The van der Waals surface area contributed by atoms with Crippen molar-refractivity contribution in [3.63, 3.8) is 0 Å². The molecule has 1 saturated carbocycles. The van der Waals surface area contributed by atoms with Crippen molar-refractivity contribution in [3.8, 4) is 0 Å². The molecule has 0 radical (unpaired) electrons. The van der Waals surface area contributed by atoms with Crippen LogP contribution in [0, 0.1) is 5.92 Å². The second kappa shape index (κ2) is 6.53. The highest BCUT2D eigenvalue weighted by Crippen LogP contribution is 2.25. The summed E-state index contributed by atoms with van der Waals surface area (Å²) in [7, 11) is 1.96. The first kappa shape index (κ1) is 13.8. The molecule has 4 nitrogen and oxygen atoms in total. The van der Waals surface area contributed by atoms with Gasteiger partial charge in [-0.25, -0.2) is 0 Å². The molecule has 0 bridgehead atoms. The number of amides is 1. The predicted molar refractivity (Wildman–Crippen MR) is 73.5 cm³/mol. The highest BCUT2D eigenvalue weighted by molar-refractivity contribution is 5.78. The third-order valence-electron chi connectivity index (χ3n) is 4.24. The standard InChI is InChI=1S/C14H27N3O/c1-3-15-10-12-6-8-17(9-7-12)11-14(18)16(2)13-4-5-13/h12-13,15H,3-11H2,1-2H3. The lowest BCUT2D eigenvalue weighted by atomic mass is 9.97. The molecule has 1 aliphatic heterocycles. The van der Waals surface area contributed by atoms with Gasteiger partial charge in [-0.3, -0.25) is 9.69 Å². The molecule has 1 N–H and O–H groups in total. The Kier molecular flexibility index (Phi) is 5.01. The van der Waals surface area contributed by atoms with Gasteiger partial charge < -0.3 is 10.2 Å². The van der Waals surface area contributed by atoms with Crippen LogP contribution in [0.3, 0.4) is 0 Å². The van der Waals surface area contributed by atoms with Gasteiger partial charge >= 0.3 is 0 Å². The lowest BCUT2D eigenvalue weighted by Crippen LogP contribution is -2.44. The summed E-state index contributed by atoms with van der Waals surface area (Å²) in [6.45, 7) is 7.15. The number of carbonyl (C=O) groups excluding carboxylic acids is 1. The maximum Gasteiger partial charge on any atom is 0.236 e. The Bertz CT molecular complexity index is 270. The van der Waals surface area contributed by atoms with E-state index in [-0.39, 0.29) is 0 Å². The van der Waals surface area contributed by atoms with Gasteiger partial charge in [-0.05, 0) is 57.8 Å². The van der Waals surface area contributed by atoms with Crippen molar-refractivity contribution in [2.24, 2.45) is 5.92 Å². The minimum absolute atomic E-state index is 0.308. The van der Waals surface area contributed by atoms with E-state index >= 15 is 0 Å². The third-order valence-corrected chi connectivity index (χ3v) is 4.24. The van der Waals surface area contributed by atoms with Crippen LogP contribution in [0.2, 0.25) is 0 Å². The van der Waals surface area contributed by atoms with Gasteiger partial charge in [0.1, 0.15) is 0 Å². The number of hydrogen-bond acceptors (Lipinski definition) is 3. The van der Waals surface area contributed by atoms with E-state index in [0.717, 1.165) is 32.1 Å². The molecule has 1 heterocycles. The zero-order valence-corrected chi connectivity index (χ0v) is 11.8. The number of nitrogens with one attached hydrogen (secondary N) is 1. The van der Waals surface area contributed by atoms with Crippen LogP contribution in [0.4, 0.5) is 0 Å². The average molecular weight is 253 g/mol. The highest BCUT2D eigenvalue weighted by Gasteiger charge is 2.30. The fraction of sp³-hybridized carbons (Fsp3) is 0.929. The molecule has 1 aliphatic carbocycles. The zero-order valence-electron chi connectivity index (χ0n) is 11.8. The molecule has 18 heavy (non-hydrogen) atoms. The molecule has 4 heteroatoms. The van der Waals surface area contributed by atoms with Crippen LogP contribution in [0.25, 0.3) is 0 Å². The minimum atomic E-state index is 0.308. The molecule has 0 unspecified atom stereocenters. The van der Waals surface area contributed by atoms with E-state index in [0.29, 0.717) is 18.5 Å². The van der Waals surface area contributed by atoms with E-state index in [4.69, 9.17) is 0 Å². The molecule has 2 rings (SSSR count). The summed E-state index contributed by atoms with van der Waals surface area (Å²) >= 11 is 0. The first-order valence-electron chi connectivity index (χ1n) is 7.39. The van der Waals surface area contributed by atoms with E-state index in [9.17, 15) is 4.79 Å². The normalized spacial score (nSPS) is 22.1. The van der Waals surface area contributed by atoms with Crippen molar-refractivity contribution < 1.29 is 4.79 Å². The summed E-state index contributed by atoms with van der Waals surface area (Å²) in [5, 5.41) is 3.42. The van der Waals surface area contributed by atoms with E-state index < -0.39 is 0 Å². The number of hydrogen-bond donors (Lipinski definition) is 1. The summed E-state index contributed by atoms with van der Waals surface area (Å²) in [6.07, 6.45) is 4.86. The van der Waals surface area contributed by atoms with Crippen molar-refractivity contribution in [1.29, 1.82) is 0 Å². The van der Waals surface area contributed by atoms with Crippen LogP contribution < -0.4 is 5.32 Å². The predicted octanol–water partition coefficient (Wildman–Crippen LogP) is 0.929. The molecule has 2 aliphatic rings. The quantitative estimate of drug-likeness (QED) is 0.765. The summed E-state index contributed by atoms with van der Waals surface area (Å²) in [4.78, 5) is 16.3. The molecule has 1 saturated heterocycles. The maximum absolute atomic E-state index is 12.0. The van der Waals surface area contributed by atoms with Gasteiger partial charge in [0.05, 0.1) is 6.54 Å². The molecular formula is C14H27N3O. The van der Waals surface area contributed by atoms with Crippen molar-refractivity contribution in [3.05, 3.63) is 0 Å². The Morgan fingerprint density at radius 3 is 2.50 bits per heavy atom. The molecule has 0 aromatic carbocycles. The smallest absolute Gasteiger partial charge is 0.236 e. The fourth-order valence-electron chi connectivity index (χ4n) is 2.67. The molecule has 0 aromatic heterocycles. The van der Waals surface area contributed by atoms with Crippen LogP contribution in [0.15, 0.2) is 0 Å². The van der Waals surface area contributed by atoms with Gasteiger partial charge in [0.15, 0.2) is 0 Å². The monoisotopic (exact) mass is 253 g/mol. The lowest BCUT2D eigenvalue weighted by Gasteiger charge is -2.32. The molecule has 0 atom stereocenters. The summed E-state index contributed by atoms with van der Waals surface area (Å²) in [5.74, 6) is 1.11. The first-order valence-corrected chi connectivity index (χ1v) is 7.39. The fourth-order valence-corrected chi connectivity index (χ4v) is 2.67. The van der Waals surface area contributed by atoms with Gasteiger partial charge in [0.25, 0.3) is 0 Å². The minimum Gasteiger partial charge on any atom is -0.342 e. The second-order valence-corrected chi connectivity index (χ2v) is 5.76. The van der Waals surface area contributed by atoms with E-state index in [1.54, 1.807) is 0 Å². The van der Waals surface area contributed by atoms with Crippen LogP contribution in [0.1, 0.15) is 32.6 Å². The lowest BCUT2D eigenvalue weighted by molar-refractivity contribution is -0.131. The van der Waals surface area contributed by atoms with Gasteiger partial charge in [-0.2, -0.15) is 0 Å². The van der Waals surface area contributed by atoms with Gasteiger partial charge in [0, 0.05) is 13.1 Å². The molecular weight excluding hydrogens is 226 g/mol. The Morgan fingerprint density at radius 2 is 1.94 bits per heavy atom. The molecule has 2 fully saturated rings. The Morgan fingerprint density at radius 1 is 1.28 bits per heavy atom. The van der Waals surface area contributed by atoms with Crippen molar-refractivity contribution in [2.45, 2.75) is 38.6 Å². The van der Waals surface area contributed by atoms with Crippen LogP contribution >= 0.6 is 0 Å². The molecule has 0 aromatic rings. The maximum atomic E-state index is 12.0. The van der Waals surface area contributed by atoms with Crippen molar-refractivity contribution in [2.75, 3.05) is 39.8 Å². The number of likely N-dealkylation sites (N-methyl/N-ethyl adjacent to an activating group) is 1. The Balaban J connectivity index is 1.65. The molecule has 0 spiro atoms. The van der Waals surface area contributed by atoms with Crippen LogP contribution in [0.5, 0.6) is 0 Å². The number of rotatable bonds is 6. The van der Waals surface area contributed by atoms with Gasteiger partial charge in [-0.15, -0.1) is 0 Å². The SMILES string of the molecule is CCNCC1CCN(CC(=O)N(C)C2CC2)CC1. The largest absolute Gasteiger partial charge is 0.342 e. The Hall–Kier alpha value is -0.610. The second-order valence-electron chi connectivity index (χ2n) is 5.76. The average Bonchev–Trinajstić information content (AvgIpc) is 3.21. The third kappa shape index (κ3) is 3.95. The molecule has 1 amide bonds. The van der Waals surface area contributed by atoms with Crippen molar-refractivity contribution in [1.82, 2.24) is 15.1 Å².